The van der Waals surface area contributed by atoms with Crippen LogP contribution in [0.2, 0.25) is 0 Å². The lowest BCUT2D eigenvalue weighted by molar-refractivity contribution is 0.151. The van der Waals surface area contributed by atoms with Gasteiger partial charge in [-0.1, -0.05) is 20.8 Å². The molecule has 2 nitrogen and oxygen atoms in total. The van der Waals surface area contributed by atoms with Crippen LogP contribution in [0.1, 0.15) is 46.5 Å². The van der Waals surface area contributed by atoms with Gasteiger partial charge in [-0.05, 0) is 76.2 Å². The predicted octanol–water partition coefficient (Wildman–Crippen LogP) is 3.09. The van der Waals surface area contributed by atoms with Gasteiger partial charge in [-0.2, -0.15) is 0 Å². The van der Waals surface area contributed by atoms with Crippen LogP contribution >= 0.6 is 0 Å². The molecule has 0 spiro atoms. The van der Waals surface area contributed by atoms with Crippen molar-refractivity contribution >= 4 is 0 Å². The first-order valence-electron chi connectivity index (χ1n) is 8.10. The van der Waals surface area contributed by atoms with Gasteiger partial charge in [-0.15, -0.1) is 0 Å². The summed E-state index contributed by atoms with van der Waals surface area (Å²) in [5, 5.41) is 0. The molecule has 0 amide bonds. The van der Waals surface area contributed by atoms with E-state index in [1.165, 1.54) is 65.0 Å². The fourth-order valence-electron chi connectivity index (χ4n) is 3.59. The molecule has 2 heterocycles. The maximum Gasteiger partial charge on any atom is 0.000750 e. The van der Waals surface area contributed by atoms with Gasteiger partial charge in [0.05, 0.1) is 0 Å². The smallest absolute Gasteiger partial charge is 0.000750 e. The maximum atomic E-state index is 2.69. The second kappa shape index (κ2) is 6.91. The third-order valence-electron chi connectivity index (χ3n) is 5.03. The van der Waals surface area contributed by atoms with Gasteiger partial charge in [0.15, 0.2) is 0 Å². The molecule has 0 saturated carbocycles. The van der Waals surface area contributed by atoms with Crippen molar-refractivity contribution in [3.8, 4) is 0 Å². The molecule has 0 N–H and O–H groups in total. The van der Waals surface area contributed by atoms with Crippen molar-refractivity contribution < 1.29 is 0 Å². The van der Waals surface area contributed by atoms with E-state index in [-0.39, 0.29) is 0 Å². The highest BCUT2D eigenvalue weighted by Crippen LogP contribution is 2.24. The Morgan fingerprint density at radius 3 is 2.11 bits per heavy atom. The number of rotatable bonds is 5. The van der Waals surface area contributed by atoms with Crippen molar-refractivity contribution in [2.75, 3.05) is 39.3 Å². The molecule has 0 aromatic heterocycles. The summed E-state index contributed by atoms with van der Waals surface area (Å²) in [6.07, 6.45) is 5.65. The molecule has 1 atom stereocenters. The van der Waals surface area contributed by atoms with E-state index < -0.39 is 0 Å². The molecule has 0 aromatic carbocycles. The second-order valence-electron chi connectivity index (χ2n) is 6.97. The summed E-state index contributed by atoms with van der Waals surface area (Å²) in [6, 6.07) is 0. The number of likely N-dealkylation sites (tertiary alicyclic amines) is 2. The van der Waals surface area contributed by atoms with Gasteiger partial charge in [-0.25, -0.2) is 0 Å². The first kappa shape index (κ1) is 14.3. The van der Waals surface area contributed by atoms with Crippen LogP contribution in [0.4, 0.5) is 0 Å². The zero-order chi connectivity index (χ0) is 13.0. The molecule has 0 radical (unpaired) electrons. The zero-order valence-corrected chi connectivity index (χ0v) is 12.7. The van der Waals surface area contributed by atoms with Crippen LogP contribution in [0.15, 0.2) is 0 Å². The minimum atomic E-state index is 0.887. The quantitative estimate of drug-likeness (QED) is 0.742. The molecule has 2 rings (SSSR count). The summed E-state index contributed by atoms with van der Waals surface area (Å²) in [4.78, 5) is 5.35. The van der Waals surface area contributed by atoms with Crippen molar-refractivity contribution in [1.82, 2.24) is 9.80 Å². The van der Waals surface area contributed by atoms with Crippen molar-refractivity contribution in [1.29, 1.82) is 0 Å². The SMILES string of the molecule is CC1CCN(CCCN2CCC(C(C)C)CC2)C1. The minimum Gasteiger partial charge on any atom is -0.303 e. The highest BCUT2D eigenvalue weighted by atomic mass is 15.2. The van der Waals surface area contributed by atoms with Crippen molar-refractivity contribution in [2.45, 2.75) is 46.5 Å². The van der Waals surface area contributed by atoms with E-state index in [0.717, 1.165) is 17.8 Å². The Balaban J connectivity index is 1.55. The lowest BCUT2D eigenvalue weighted by Crippen LogP contribution is -2.37. The van der Waals surface area contributed by atoms with Gasteiger partial charge < -0.3 is 9.80 Å². The molecule has 0 aliphatic carbocycles. The number of nitrogens with zero attached hydrogens (tertiary/aromatic N) is 2. The molecule has 2 aliphatic rings. The predicted molar refractivity (Wildman–Crippen MR) is 78.8 cm³/mol. The molecule has 1 unspecified atom stereocenters. The standard InChI is InChI=1S/C16H32N2/c1-14(2)16-6-11-17(12-7-16)8-4-9-18-10-5-15(3)13-18/h14-16H,4-13H2,1-3H3. The average molecular weight is 252 g/mol. The lowest BCUT2D eigenvalue weighted by atomic mass is 9.87. The highest BCUT2D eigenvalue weighted by molar-refractivity contribution is 4.76. The molecule has 2 aliphatic heterocycles. The van der Waals surface area contributed by atoms with Gasteiger partial charge >= 0.3 is 0 Å². The zero-order valence-electron chi connectivity index (χ0n) is 12.7. The van der Waals surface area contributed by atoms with E-state index in [9.17, 15) is 0 Å². The van der Waals surface area contributed by atoms with Gasteiger partial charge in [0.25, 0.3) is 0 Å². The van der Waals surface area contributed by atoms with Gasteiger partial charge in [0.1, 0.15) is 0 Å². The van der Waals surface area contributed by atoms with Gasteiger partial charge in [-0.3, -0.25) is 0 Å². The van der Waals surface area contributed by atoms with Crippen LogP contribution in [0.25, 0.3) is 0 Å². The number of piperidine rings is 1. The monoisotopic (exact) mass is 252 g/mol. The second-order valence-corrected chi connectivity index (χ2v) is 6.97. The van der Waals surface area contributed by atoms with E-state index in [0.29, 0.717) is 0 Å². The Morgan fingerprint density at radius 1 is 0.944 bits per heavy atom. The maximum absolute atomic E-state index is 2.69. The summed E-state index contributed by atoms with van der Waals surface area (Å²) in [5.41, 5.74) is 0. The van der Waals surface area contributed by atoms with Crippen LogP contribution in [0.3, 0.4) is 0 Å². The minimum absolute atomic E-state index is 0.887. The fraction of sp³-hybridized carbons (Fsp3) is 1.00. The summed E-state index contributed by atoms with van der Waals surface area (Å²) in [6.45, 7) is 15.2. The molecule has 2 heteroatoms. The van der Waals surface area contributed by atoms with Crippen LogP contribution < -0.4 is 0 Å². The summed E-state index contributed by atoms with van der Waals surface area (Å²) < 4.78 is 0. The molecule has 0 aromatic rings. The van der Waals surface area contributed by atoms with E-state index in [4.69, 9.17) is 0 Å². The van der Waals surface area contributed by atoms with Crippen molar-refractivity contribution in [2.24, 2.45) is 17.8 Å². The summed E-state index contributed by atoms with van der Waals surface area (Å²) in [7, 11) is 0. The first-order chi connectivity index (χ1) is 8.65. The van der Waals surface area contributed by atoms with E-state index in [2.05, 4.69) is 30.6 Å². The third kappa shape index (κ3) is 4.24. The molecule has 18 heavy (non-hydrogen) atoms. The first-order valence-corrected chi connectivity index (χ1v) is 8.10. The van der Waals surface area contributed by atoms with Crippen molar-refractivity contribution in [3.63, 3.8) is 0 Å². The fourth-order valence-corrected chi connectivity index (χ4v) is 3.59. The van der Waals surface area contributed by atoms with Gasteiger partial charge in [0, 0.05) is 6.54 Å². The Hall–Kier alpha value is -0.0800. The molecule has 2 saturated heterocycles. The average Bonchev–Trinajstić information content (AvgIpc) is 2.76. The Bertz CT molecular complexity index is 231. The van der Waals surface area contributed by atoms with E-state index in [1.807, 2.05) is 0 Å². The Labute approximate surface area is 114 Å². The van der Waals surface area contributed by atoms with Gasteiger partial charge in [0.2, 0.25) is 0 Å². The normalized spacial score (nSPS) is 28.3. The lowest BCUT2D eigenvalue weighted by Gasteiger charge is -2.34. The molecular weight excluding hydrogens is 220 g/mol. The molecule has 0 bridgehead atoms. The van der Waals surface area contributed by atoms with Crippen LogP contribution in [-0.2, 0) is 0 Å². The third-order valence-corrected chi connectivity index (χ3v) is 5.03. The number of hydrogen-bond acceptors (Lipinski definition) is 2. The van der Waals surface area contributed by atoms with E-state index in [1.54, 1.807) is 0 Å². The highest BCUT2D eigenvalue weighted by Gasteiger charge is 2.22. The summed E-state index contributed by atoms with van der Waals surface area (Å²) in [5.74, 6) is 2.81. The summed E-state index contributed by atoms with van der Waals surface area (Å²) >= 11 is 0. The van der Waals surface area contributed by atoms with Crippen LogP contribution in [-0.4, -0.2) is 49.1 Å². The molecule has 2 fully saturated rings. The Kier molecular flexibility index (Phi) is 5.50. The van der Waals surface area contributed by atoms with Crippen molar-refractivity contribution in [3.05, 3.63) is 0 Å². The van der Waals surface area contributed by atoms with Crippen LogP contribution in [0.5, 0.6) is 0 Å². The largest absolute Gasteiger partial charge is 0.303 e. The number of hydrogen-bond donors (Lipinski definition) is 0. The van der Waals surface area contributed by atoms with Crippen LogP contribution in [0, 0.1) is 17.8 Å². The van der Waals surface area contributed by atoms with E-state index >= 15 is 0 Å². The molecule has 106 valence electrons. The topological polar surface area (TPSA) is 6.48 Å². The Morgan fingerprint density at radius 2 is 1.56 bits per heavy atom. The molecular formula is C16H32N2.